The maximum atomic E-state index is 13.2. The Bertz CT molecular complexity index is 1280. The van der Waals surface area contributed by atoms with E-state index in [1.165, 1.54) is 36.0 Å². The van der Waals surface area contributed by atoms with Gasteiger partial charge in [0.05, 0.1) is 0 Å². The van der Waals surface area contributed by atoms with Gasteiger partial charge in [-0.25, -0.2) is 4.39 Å². The highest BCUT2D eigenvalue weighted by atomic mass is 32.2. The molecule has 1 atom stereocenters. The number of rotatable bonds is 7. The first-order chi connectivity index (χ1) is 16.5. The van der Waals surface area contributed by atoms with Crippen molar-refractivity contribution in [2.24, 2.45) is 0 Å². The Kier molecular flexibility index (Phi) is 7.40. The largest absolute Gasteiger partial charge is 0.325 e. The van der Waals surface area contributed by atoms with Gasteiger partial charge in [0.25, 0.3) is 5.91 Å². The van der Waals surface area contributed by atoms with E-state index in [9.17, 15) is 14.0 Å². The molecule has 2 N–H and O–H groups in total. The Balaban J connectivity index is 1.49. The minimum atomic E-state index is -0.515. The summed E-state index contributed by atoms with van der Waals surface area (Å²) in [6.45, 7) is 1.90. The van der Waals surface area contributed by atoms with Crippen LogP contribution in [0.25, 0.3) is 0 Å². The molecule has 170 valence electrons. The highest BCUT2D eigenvalue weighted by Gasteiger charge is 2.22. The van der Waals surface area contributed by atoms with Crippen LogP contribution in [0.1, 0.15) is 26.7 Å². The lowest BCUT2D eigenvalue weighted by Gasteiger charge is -2.17. The number of hydrogen-bond acceptors (Lipinski definition) is 3. The van der Waals surface area contributed by atoms with Gasteiger partial charge in [-0.3, -0.25) is 9.59 Å². The van der Waals surface area contributed by atoms with Crippen LogP contribution in [-0.2, 0) is 4.79 Å². The van der Waals surface area contributed by atoms with Crippen molar-refractivity contribution in [3.05, 3.63) is 126 Å². The molecular formula is C28H23FN2O2S. The molecule has 0 saturated heterocycles. The van der Waals surface area contributed by atoms with Gasteiger partial charge in [-0.2, -0.15) is 0 Å². The van der Waals surface area contributed by atoms with Crippen molar-refractivity contribution in [1.82, 2.24) is 0 Å². The van der Waals surface area contributed by atoms with Crippen LogP contribution in [0.4, 0.5) is 15.8 Å². The number of aryl methyl sites for hydroxylation is 1. The average Bonchev–Trinajstić information content (AvgIpc) is 2.85. The summed E-state index contributed by atoms with van der Waals surface area (Å²) in [5.41, 5.74) is 3.59. The summed E-state index contributed by atoms with van der Waals surface area (Å²) in [6.07, 6.45) is 0. The van der Waals surface area contributed by atoms with E-state index in [4.69, 9.17) is 0 Å². The van der Waals surface area contributed by atoms with Gasteiger partial charge in [0.15, 0.2) is 0 Å². The third-order valence-electron chi connectivity index (χ3n) is 5.21. The quantitative estimate of drug-likeness (QED) is 0.290. The zero-order valence-corrected chi connectivity index (χ0v) is 19.3. The molecule has 0 bridgehead atoms. The molecule has 4 aromatic rings. The Morgan fingerprint density at radius 2 is 1.32 bits per heavy atom. The fourth-order valence-corrected chi connectivity index (χ4v) is 4.45. The Morgan fingerprint density at radius 3 is 2.00 bits per heavy atom. The number of hydrogen-bond donors (Lipinski definition) is 2. The molecule has 0 saturated carbocycles. The minimum Gasteiger partial charge on any atom is -0.325 e. The van der Waals surface area contributed by atoms with Crippen LogP contribution in [0.15, 0.2) is 108 Å². The van der Waals surface area contributed by atoms with Crippen LogP contribution in [-0.4, -0.2) is 11.8 Å². The molecule has 0 spiro atoms. The molecule has 4 rings (SSSR count). The Morgan fingerprint density at radius 1 is 0.735 bits per heavy atom. The fourth-order valence-electron chi connectivity index (χ4n) is 3.42. The van der Waals surface area contributed by atoms with E-state index in [2.05, 4.69) is 10.6 Å². The number of benzene rings is 4. The fraction of sp³-hybridized carbons (Fsp3) is 0.0714. The van der Waals surface area contributed by atoms with Crippen molar-refractivity contribution in [2.75, 3.05) is 10.6 Å². The molecule has 4 aromatic carbocycles. The molecule has 34 heavy (non-hydrogen) atoms. The van der Waals surface area contributed by atoms with Crippen molar-refractivity contribution in [3.63, 3.8) is 0 Å². The predicted octanol–water partition coefficient (Wildman–Crippen LogP) is 6.86. The summed E-state index contributed by atoms with van der Waals surface area (Å²) in [5, 5.41) is 5.26. The smallest absolute Gasteiger partial charge is 0.255 e. The maximum absolute atomic E-state index is 13.2. The summed E-state index contributed by atoms with van der Waals surface area (Å²) in [4.78, 5) is 26.6. The molecule has 0 aromatic heterocycles. The molecular weight excluding hydrogens is 447 g/mol. The minimum absolute atomic E-state index is 0.167. The van der Waals surface area contributed by atoms with E-state index >= 15 is 0 Å². The molecule has 0 aliphatic heterocycles. The van der Waals surface area contributed by atoms with Crippen LogP contribution >= 0.6 is 11.8 Å². The first kappa shape index (κ1) is 23.3. The van der Waals surface area contributed by atoms with Crippen LogP contribution in [0.3, 0.4) is 0 Å². The second kappa shape index (κ2) is 10.8. The van der Waals surface area contributed by atoms with Crippen LogP contribution in [0, 0.1) is 12.7 Å². The summed E-state index contributed by atoms with van der Waals surface area (Å²) < 4.78 is 13.2. The molecule has 0 radical (unpaired) electrons. The van der Waals surface area contributed by atoms with Gasteiger partial charge in [-0.05, 0) is 72.6 Å². The number of amides is 2. The van der Waals surface area contributed by atoms with Crippen LogP contribution < -0.4 is 10.6 Å². The number of carbonyl (C=O) groups is 2. The van der Waals surface area contributed by atoms with E-state index in [0.717, 1.165) is 16.0 Å². The molecule has 6 heteroatoms. The number of anilines is 2. The normalized spacial score (nSPS) is 11.5. The van der Waals surface area contributed by atoms with E-state index in [1.54, 1.807) is 6.07 Å². The molecule has 1 unspecified atom stereocenters. The molecule has 2 amide bonds. The van der Waals surface area contributed by atoms with Gasteiger partial charge < -0.3 is 10.6 Å². The number of carbonyl (C=O) groups excluding carboxylic acids is 2. The third kappa shape index (κ3) is 5.91. The number of halogens is 1. The van der Waals surface area contributed by atoms with E-state index < -0.39 is 5.25 Å². The van der Waals surface area contributed by atoms with Gasteiger partial charge in [0.1, 0.15) is 11.1 Å². The highest BCUT2D eigenvalue weighted by Crippen LogP contribution is 2.36. The topological polar surface area (TPSA) is 58.2 Å². The second-order valence-electron chi connectivity index (χ2n) is 7.70. The first-order valence-corrected chi connectivity index (χ1v) is 11.6. The molecule has 0 aliphatic carbocycles. The summed E-state index contributed by atoms with van der Waals surface area (Å²) in [6, 6.07) is 30.0. The molecule has 0 heterocycles. The van der Waals surface area contributed by atoms with Crippen LogP contribution in [0.5, 0.6) is 0 Å². The SMILES string of the molecule is Cc1ccccc1C(=O)Nc1ccc(SC(C(=O)Nc2ccc(F)cc2)c2ccccc2)cc1. The average molecular weight is 471 g/mol. The molecule has 0 fully saturated rings. The Hall–Kier alpha value is -3.90. The van der Waals surface area contributed by atoms with Crippen molar-refractivity contribution in [3.8, 4) is 0 Å². The van der Waals surface area contributed by atoms with Gasteiger partial charge in [-0.1, -0.05) is 48.5 Å². The van der Waals surface area contributed by atoms with Gasteiger partial charge in [-0.15, -0.1) is 11.8 Å². The maximum Gasteiger partial charge on any atom is 0.255 e. The Labute approximate surface area is 202 Å². The lowest BCUT2D eigenvalue weighted by atomic mass is 10.1. The van der Waals surface area contributed by atoms with Gasteiger partial charge in [0, 0.05) is 21.8 Å². The van der Waals surface area contributed by atoms with Crippen LogP contribution in [0.2, 0.25) is 0 Å². The standard InChI is InChI=1S/C28H23FN2O2S/c1-19-7-5-6-10-25(19)27(32)30-23-15-17-24(18-16-23)34-26(20-8-3-2-4-9-20)28(33)31-22-13-11-21(29)12-14-22/h2-18,26H,1H3,(H,30,32)(H,31,33). The van der Waals surface area contributed by atoms with Crippen molar-refractivity contribution >= 4 is 35.0 Å². The summed E-state index contributed by atoms with van der Waals surface area (Å²) in [7, 11) is 0. The lowest BCUT2D eigenvalue weighted by Crippen LogP contribution is -2.19. The highest BCUT2D eigenvalue weighted by molar-refractivity contribution is 8.00. The van der Waals surface area contributed by atoms with Gasteiger partial charge in [0.2, 0.25) is 5.91 Å². The predicted molar refractivity (Wildman–Crippen MR) is 136 cm³/mol. The first-order valence-electron chi connectivity index (χ1n) is 10.7. The van der Waals surface area contributed by atoms with E-state index in [1.807, 2.05) is 79.7 Å². The number of thioether (sulfide) groups is 1. The number of nitrogens with one attached hydrogen (secondary N) is 2. The zero-order valence-electron chi connectivity index (χ0n) is 18.5. The lowest BCUT2D eigenvalue weighted by molar-refractivity contribution is -0.115. The third-order valence-corrected chi connectivity index (χ3v) is 6.47. The summed E-state index contributed by atoms with van der Waals surface area (Å²) in [5.74, 6) is -0.735. The monoisotopic (exact) mass is 470 g/mol. The second-order valence-corrected chi connectivity index (χ2v) is 8.88. The van der Waals surface area contributed by atoms with Crippen molar-refractivity contribution in [2.45, 2.75) is 17.1 Å². The van der Waals surface area contributed by atoms with Gasteiger partial charge >= 0.3 is 0 Å². The summed E-state index contributed by atoms with van der Waals surface area (Å²) >= 11 is 1.40. The molecule has 4 nitrogen and oxygen atoms in total. The van der Waals surface area contributed by atoms with Crippen molar-refractivity contribution in [1.29, 1.82) is 0 Å². The van der Waals surface area contributed by atoms with E-state index in [0.29, 0.717) is 16.9 Å². The van der Waals surface area contributed by atoms with Crippen molar-refractivity contribution < 1.29 is 14.0 Å². The molecule has 0 aliphatic rings. The zero-order chi connectivity index (χ0) is 23.9. The van der Waals surface area contributed by atoms with E-state index in [-0.39, 0.29) is 17.6 Å².